The van der Waals surface area contributed by atoms with Crippen molar-refractivity contribution < 1.29 is 9.53 Å². The normalized spacial score (nSPS) is 13.6. The molecule has 4 rings (SSSR count). The second-order valence-electron chi connectivity index (χ2n) is 9.31. The molecule has 0 unspecified atom stereocenters. The number of aryl methyl sites for hydroxylation is 1. The number of carbonyl (C=O) groups is 1. The fourth-order valence-electron chi connectivity index (χ4n) is 5.02. The molecule has 0 aromatic heterocycles. The van der Waals surface area contributed by atoms with Crippen LogP contribution in [0, 0.1) is 13.8 Å². The topological polar surface area (TPSA) is 50.4 Å². The number of nitrogens with one attached hydrogen (secondary N) is 2. The van der Waals surface area contributed by atoms with Crippen LogP contribution in [-0.2, 0) is 4.74 Å². The van der Waals surface area contributed by atoms with Crippen molar-refractivity contribution in [1.29, 1.82) is 0 Å². The van der Waals surface area contributed by atoms with Crippen molar-refractivity contribution in [2.75, 3.05) is 24.3 Å². The number of carbonyl (C=O) groups excluding carboxylic acids is 1. The van der Waals surface area contributed by atoms with Crippen LogP contribution in [0.1, 0.15) is 60.5 Å². The Labute approximate surface area is 203 Å². The number of hydrogen-bond donors (Lipinski definition) is 2. The molecule has 0 atom stereocenters. The van der Waals surface area contributed by atoms with Crippen LogP contribution in [0.5, 0.6) is 0 Å². The maximum Gasteiger partial charge on any atom is 0.338 e. The summed E-state index contributed by atoms with van der Waals surface area (Å²) < 4.78 is 5.23. The summed E-state index contributed by atoms with van der Waals surface area (Å²) in [6.07, 6.45) is 6.20. The molecule has 4 nitrogen and oxygen atoms in total. The summed E-state index contributed by atoms with van der Waals surface area (Å²) in [6, 6.07) is 19.7. The summed E-state index contributed by atoms with van der Waals surface area (Å²) in [7, 11) is 1.45. The minimum absolute atomic E-state index is 0.301. The standard InChI is InChI=1S/C30H36N2O2/c1-5-18-31-24-14-12-23(13-15-24)28-20(2)19-27(21(3)29(28)30(33)34-4)22-10-16-26(17-11-22)32-25-8-6-7-9-25/h10-17,19,25,31-32H,5-9,18H2,1-4H3. The summed E-state index contributed by atoms with van der Waals surface area (Å²) >= 11 is 0. The van der Waals surface area contributed by atoms with E-state index in [0.29, 0.717) is 11.6 Å². The number of esters is 1. The molecule has 34 heavy (non-hydrogen) atoms. The lowest BCUT2D eigenvalue weighted by molar-refractivity contribution is 0.0601. The van der Waals surface area contributed by atoms with Gasteiger partial charge >= 0.3 is 5.97 Å². The SMILES string of the molecule is CCCNc1ccc(-c2c(C)cc(-c3ccc(NC4CCCC4)cc3)c(C)c2C(=O)OC)cc1. The van der Waals surface area contributed by atoms with E-state index in [9.17, 15) is 4.79 Å². The van der Waals surface area contributed by atoms with Crippen molar-refractivity contribution in [2.24, 2.45) is 0 Å². The molecule has 178 valence electrons. The van der Waals surface area contributed by atoms with Gasteiger partial charge in [-0.1, -0.05) is 50.1 Å². The highest BCUT2D eigenvalue weighted by molar-refractivity contribution is 6.02. The van der Waals surface area contributed by atoms with E-state index in [-0.39, 0.29) is 5.97 Å². The number of methoxy groups -OCH3 is 1. The predicted octanol–water partition coefficient (Wildman–Crippen LogP) is 7.60. The van der Waals surface area contributed by atoms with Crippen molar-refractivity contribution in [3.8, 4) is 22.3 Å². The maximum absolute atomic E-state index is 13.0. The number of ether oxygens (including phenoxy) is 1. The Kier molecular flexibility index (Phi) is 7.56. The Morgan fingerprint density at radius 3 is 2.18 bits per heavy atom. The van der Waals surface area contributed by atoms with Gasteiger partial charge in [-0.3, -0.25) is 0 Å². The molecule has 0 bridgehead atoms. The van der Waals surface area contributed by atoms with E-state index in [0.717, 1.165) is 57.7 Å². The first-order valence-electron chi connectivity index (χ1n) is 12.5. The van der Waals surface area contributed by atoms with E-state index in [2.05, 4.69) is 79.1 Å². The monoisotopic (exact) mass is 456 g/mol. The Bertz CT molecular complexity index is 1130. The quantitative estimate of drug-likeness (QED) is 0.343. The average Bonchev–Trinajstić information content (AvgIpc) is 3.37. The molecule has 1 aliphatic carbocycles. The van der Waals surface area contributed by atoms with Crippen LogP contribution in [0.25, 0.3) is 22.3 Å². The molecule has 0 saturated heterocycles. The lowest BCUT2D eigenvalue weighted by Crippen LogP contribution is -2.14. The first-order valence-corrected chi connectivity index (χ1v) is 12.5. The lowest BCUT2D eigenvalue weighted by atomic mass is 9.86. The van der Waals surface area contributed by atoms with Gasteiger partial charge < -0.3 is 15.4 Å². The number of rotatable bonds is 8. The highest BCUT2D eigenvalue weighted by Gasteiger charge is 2.22. The third-order valence-corrected chi connectivity index (χ3v) is 6.85. The van der Waals surface area contributed by atoms with E-state index >= 15 is 0 Å². The molecule has 3 aromatic rings. The first-order chi connectivity index (χ1) is 16.5. The van der Waals surface area contributed by atoms with Gasteiger partial charge in [0, 0.05) is 24.0 Å². The van der Waals surface area contributed by atoms with Crippen molar-refractivity contribution >= 4 is 17.3 Å². The van der Waals surface area contributed by atoms with Gasteiger partial charge in [0.25, 0.3) is 0 Å². The van der Waals surface area contributed by atoms with Crippen LogP contribution in [0.3, 0.4) is 0 Å². The molecule has 1 saturated carbocycles. The van der Waals surface area contributed by atoms with Gasteiger partial charge in [0.1, 0.15) is 0 Å². The lowest BCUT2D eigenvalue weighted by Gasteiger charge is -2.19. The van der Waals surface area contributed by atoms with Gasteiger partial charge in [-0.2, -0.15) is 0 Å². The van der Waals surface area contributed by atoms with Crippen LogP contribution < -0.4 is 10.6 Å². The molecule has 0 spiro atoms. The molecular formula is C30H36N2O2. The van der Waals surface area contributed by atoms with Crippen LogP contribution in [0.15, 0.2) is 54.6 Å². The molecule has 0 radical (unpaired) electrons. The Balaban J connectivity index is 1.70. The van der Waals surface area contributed by atoms with E-state index in [4.69, 9.17) is 4.74 Å². The number of hydrogen-bond acceptors (Lipinski definition) is 4. The van der Waals surface area contributed by atoms with E-state index in [1.54, 1.807) is 0 Å². The third kappa shape index (κ3) is 5.11. The van der Waals surface area contributed by atoms with Crippen molar-refractivity contribution in [3.05, 3.63) is 71.3 Å². The van der Waals surface area contributed by atoms with Gasteiger partial charge in [0.05, 0.1) is 12.7 Å². The van der Waals surface area contributed by atoms with E-state index in [1.165, 1.54) is 32.8 Å². The summed E-state index contributed by atoms with van der Waals surface area (Å²) in [6.45, 7) is 7.18. The largest absolute Gasteiger partial charge is 0.465 e. The van der Waals surface area contributed by atoms with Crippen LogP contribution >= 0.6 is 0 Å². The highest BCUT2D eigenvalue weighted by atomic mass is 16.5. The van der Waals surface area contributed by atoms with Crippen molar-refractivity contribution in [3.63, 3.8) is 0 Å². The minimum atomic E-state index is -0.301. The van der Waals surface area contributed by atoms with Gasteiger partial charge in [-0.25, -0.2) is 4.79 Å². The van der Waals surface area contributed by atoms with Crippen molar-refractivity contribution in [1.82, 2.24) is 0 Å². The fraction of sp³-hybridized carbons (Fsp3) is 0.367. The van der Waals surface area contributed by atoms with E-state index in [1.807, 2.05) is 6.92 Å². The highest BCUT2D eigenvalue weighted by Crippen LogP contribution is 2.37. The van der Waals surface area contributed by atoms with Gasteiger partial charge in [-0.15, -0.1) is 0 Å². The predicted molar refractivity (Wildman–Crippen MR) is 143 cm³/mol. The minimum Gasteiger partial charge on any atom is -0.465 e. The molecule has 0 heterocycles. The molecule has 0 amide bonds. The molecule has 2 N–H and O–H groups in total. The average molecular weight is 457 g/mol. The zero-order valence-corrected chi connectivity index (χ0v) is 20.8. The molecule has 0 aliphatic heterocycles. The van der Waals surface area contributed by atoms with Crippen LogP contribution in [-0.4, -0.2) is 25.7 Å². The zero-order valence-electron chi connectivity index (χ0n) is 20.8. The Morgan fingerprint density at radius 2 is 1.56 bits per heavy atom. The molecule has 4 heteroatoms. The fourth-order valence-corrected chi connectivity index (χ4v) is 5.02. The zero-order chi connectivity index (χ0) is 24.1. The number of anilines is 2. The number of benzene rings is 3. The molecule has 3 aromatic carbocycles. The van der Waals surface area contributed by atoms with Gasteiger partial charge in [0.15, 0.2) is 0 Å². The molecule has 1 fully saturated rings. The third-order valence-electron chi connectivity index (χ3n) is 6.85. The second-order valence-corrected chi connectivity index (χ2v) is 9.31. The summed E-state index contributed by atoms with van der Waals surface area (Å²) in [5.41, 5.74) is 9.01. The van der Waals surface area contributed by atoms with Crippen LogP contribution in [0.2, 0.25) is 0 Å². The van der Waals surface area contributed by atoms with E-state index < -0.39 is 0 Å². The Morgan fingerprint density at radius 1 is 0.941 bits per heavy atom. The first kappa shape index (κ1) is 23.9. The van der Waals surface area contributed by atoms with Gasteiger partial charge in [-0.05, 0) is 90.8 Å². The molecule has 1 aliphatic rings. The second kappa shape index (κ2) is 10.8. The van der Waals surface area contributed by atoms with Gasteiger partial charge in [0.2, 0.25) is 0 Å². The van der Waals surface area contributed by atoms with Crippen molar-refractivity contribution in [2.45, 2.75) is 58.9 Å². The van der Waals surface area contributed by atoms with Crippen LogP contribution in [0.4, 0.5) is 11.4 Å². The molecular weight excluding hydrogens is 420 g/mol. The Hall–Kier alpha value is -3.27. The maximum atomic E-state index is 13.0. The smallest absolute Gasteiger partial charge is 0.338 e. The summed E-state index contributed by atoms with van der Waals surface area (Å²) in [4.78, 5) is 13.0. The summed E-state index contributed by atoms with van der Waals surface area (Å²) in [5.74, 6) is -0.301. The summed E-state index contributed by atoms with van der Waals surface area (Å²) in [5, 5.41) is 7.06.